The lowest BCUT2D eigenvalue weighted by Gasteiger charge is -2.51. The van der Waals surface area contributed by atoms with Crippen LogP contribution in [-0.4, -0.2) is 37.6 Å². The second-order valence-electron chi connectivity index (χ2n) is 7.17. The first kappa shape index (κ1) is 13.8. The molecule has 3 heteroatoms. The van der Waals surface area contributed by atoms with Crippen molar-refractivity contribution in [2.75, 3.05) is 14.1 Å². The Morgan fingerprint density at radius 3 is 2.47 bits per heavy atom. The Morgan fingerprint density at radius 1 is 0.947 bits per heavy atom. The van der Waals surface area contributed by atoms with Gasteiger partial charge in [-0.3, -0.25) is 4.90 Å². The molecule has 2 aliphatic heterocycles. The Hall–Kier alpha value is -0.120. The van der Waals surface area contributed by atoms with E-state index in [2.05, 4.69) is 32.8 Å². The third-order valence-corrected chi connectivity index (χ3v) is 5.68. The molecular weight excluding hydrogens is 238 g/mol. The van der Waals surface area contributed by atoms with Gasteiger partial charge in [0.15, 0.2) is 6.29 Å². The zero-order chi connectivity index (χ0) is 13.6. The maximum absolute atomic E-state index is 6.35. The largest absolute Gasteiger partial charge is 0.349 e. The molecule has 0 N–H and O–H groups in total. The fraction of sp³-hybridized carbons (Fsp3) is 1.00. The SMILES string of the molecule is CC1CC[C@H]2CCCC3C2C(O1)O[C@@H](N(C)C)C3C. The van der Waals surface area contributed by atoms with Crippen LogP contribution < -0.4 is 0 Å². The maximum Gasteiger partial charge on any atom is 0.163 e. The van der Waals surface area contributed by atoms with E-state index in [4.69, 9.17) is 9.47 Å². The first-order valence-corrected chi connectivity index (χ1v) is 8.05. The van der Waals surface area contributed by atoms with Crippen molar-refractivity contribution in [2.45, 2.75) is 64.6 Å². The van der Waals surface area contributed by atoms with Gasteiger partial charge in [-0.15, -0.1) is 0 Å². The molecule has 0 aromatic carbocycles. The summed E-state index contributed by atoms with van der Waals surface area (Å²) in [5.74, 6) is 2.88. The zero-order valence-corrected chi connectivity index (χ0v) is 12.8. The predicted octanol–water partition coefficient (Wildman–Crippen LogP) is 3.10. The molecule has 0 aromatic heterocycles. The van der Waals surface area contributed by atoms with Gasteiger partial charge in [0, 0.05) is 5.92 Å². The van der Waals surface area contributed by atoms with Crippen LogP contribution in [-0.2, 0) is 9.47 Å². The lowest BCUT2D eigenvalue weighted by molar-refractivity contribution is -0.297. The van der Waals surface area contributed by atoms with Gasteiger partial charge in [0.1, 0.15) is 6.23 Å². The molecule has 5 unspecified atom stereocenters. The topological polar surface area (TPSA) is 21.7 Å². The molecule has 1 saturated carbocycles. The highest BCUT2D eigenvalue weighted by Crippen LogP contribution is 2.50. The number of nitrogens with zero attached hydrogens (tertiary/aromatic N) is 1. The summed E-state index contributed by atoms with van der Waals surface area (Å²) in [7, 11) is 4.25. The molecule has 3 aliphatic rings. The van der Waals surface area contributed by atoms with Crippen molar-refractivity contribution in [3.05, 3.63) is 0 Å². The number of rotatable bonds is 1. The van der Waals surface area contributed by atoms with Crippen molar-refractivity contribution < 1.29 is 9.47 Å². The van der Waals surface area contributed by atoms with E-state index in [0.29, 0.717) is 17.9 Å². The highest BCUT2D eigenvalue weighted by molar-refractivity contribution is 4.94. The van der Waals surface area contributed by atoms with Crippen LogP contribution in [0.1, 0.15) is 46.0 Å². The van der Waals surface area contributed by atoms with Crippen LogP contribution in [0, 0.1) is 23.7 Å². The Labute approximate surface area is 117 Å². The summed E-state index contributed by atoms with van der Waals surface area (Å²) in [6, 6.07) is 0. The molecule has 2 heterocycles. The van der Waals surface area contributed by atoms with Crippen LogP contribution in [0.5, 0.6) is 0 Å². The first-order chi connectivity index (χ1) is 9.08. The van der Waals surface area contributed by atoms with Crippen molar-refractivity contribution in [3.63, 3.8) is 0 Å². The molecule has 1 aliphatic carbocycles. The van der Waals surface area contributed by atoms with Crippen molar-refractivity contribution in [3.8, 4) is 0 Å². The second-order valence-corrected chi connectivity index (χ2v) is 7.17. The minimum absolute atomic E-state index is 0.0383. The fourth-order valence-corrected chi connectivity index (χ4v) is 4.75. The zero-order valence-electron chi connectivity index (χ0n) is 12.8. The van der Waals surface area contributed by atoms with Crippen molar-refractivity contribution in [1.29, 1.82) is 0 Å². The Bertz CT molecular complexity index is 320. The average molecular weight is 267 g/mol. The number of hydrogen-bond donors (Lipinski definition) is 0. The number of ether oxygens (including phenoxy) is 2. The molecular formula is C16H29NO2. The van der Waals surface area contributed by atoms with E-state index in [1.54, 1.807) is 0 Å². The van der Waals surface area contributed by atoms with Crippen LogP contribution in [0.15, 0.2) is 0 Å². The molecule has 19 heavy (non-hydrogen) atoms. The van der Waals surface area contributed by atoms with E-state index >= 15 is 0 Å². The van der Waals surface area contributed by atoms with Gasteiger partial charge in [-0.2, -0.15) is 0 Å². The van der Waals surface area contributed by atoms with Gasteiger partial charge in [0.2, 0.25) is 0 Å². The average Bonchev–Trinajstić information content (AvgIpc) is 2.54. The molecule has 2 saturated heterocycles. The van der Waals surface area contributed by atoms with Gasteiger partial charge >= 0.3 is 0 Å². The summed E-state index contributed by atoms with van der Waals surface area (Å²) in [4.78, 5) is 2.23. The molecule has 3 nitrogen and oxygen atoms in total. The highest BCUT2D eigenvalue weighted by Gasteiger charge is 2.50. The molecule has 0 aromatic rings. The van der Waals surface area contributed by atoms with E-state index in [0.717, 1.165) is 11.8 Å². The van der Waals surface area contributed by atoms with E-state index in [-0.39, 0.29) is 12.5 Å². The van der Waals surface area contributed by atoms with E-state index in [9.17, 15) is 0 Å². The van der Waals surface area contributed by atoms with Crippen LogP contribution in [0.3, 0.4) is 0 Å². The first-order valence-electron chi connectivity index (χ1n) is 8.05. The van der Waals surface area contributed by atoms with Crippen molar-refractivity contribution >= 4 is 0 Å². The van der Waals surface area contributed by atoms with E-state index in [1.807, 2.05) is 0 Å². The number of hydrogen-bond acceptors (Lipinski definition) is 3. The van der Waals surface area contributed by atoms with E-state index < -0.39 is 0 Å². The molecule has 0 bridgehead atoms. The molecule has 0 radical (unpaired) electrons. The molecule has 3 rings (SSSR count). The predicted molar refractivity (Wildman–Crippen MR) is 75.6 cm³/mol. The third-order valence-electron chi connectivity index (χ3n) is 5.68. The summed E-state index contributed by atoms with van der Waals surface area (Å²) in [6.07, 6.45) is 7.30. The molecule has 3 fully saturated rings. The molecule has 110 valence electrons. The third kappa shape index (κ3) is 2.45. The summed E-state index contributed by atoms with van der Waals surface area (Å²) in [5, 5.41) is 0. The summed E-state index contributed by atoms with van der Waals surface area (Å²) in [5.41, 5.74) is 0. The Balaban J connectivity index is 1.87. The van der Waals surface area contributed by atoms with Gasteiger partial charge in [-0.25, -0.2) is 0 Å². The van der Waals surface area contributed by atoms with Crippen molar-refractivity contribution in [2.24, 2.45) is 23.7 Å². The minimum atomic E-state index is 0.0383. The fourth-order valence-electron chi connectivity index (χ4n) is 4.75. The van der Waals surface area contributed by atoms with E-state index in [1.165, 1.54) is 32.1 Å². The summed E-state index contributed by atoms with van der Waals surface area (Å²) >= 11 is 0. The smallest absolute Gasteiger partial charge is 0.163 e. The maximum atomic E-state index is 6.35. The lowest BCUT2D eigenvalue weighted by Crippen LogP contribution is -2.55. The van der Waals surface area contributed by atoms with Crippen LogP contribution in [0.25, 0.3) is 0 Å². The standard InChI is InChI=1S/C16H29NO2/c1-10-8-9-12-6-5-7-13-11(2)15(17(3)4)19-16(18-10)14(12)13/h10-16H,5-9H2,1-4H3/t10?,11?,12-,13?,14?,15-,16?/m1/s1. The molecule has 0 spiro atoms. The quantitative estimate of drug-likeness (QED) is 0.728. The van der Waals surface area contributed by atoms with Crippen LogP contribution >= 0.6 is 0 Å². The van der Waals surface area contributed by atoms with Gasteiger partial charge < -0.3 is 9.47 Å². The minimum Gasteiger partial charge on any atom is -0.349 e. The highest BCUT2D eigenvalue weighted by atomic mass is 16.7. The second kappa shape index (κ2) is 5.34. The van der Waals surface area contributed by atoms with Gasteiger partial charge in [-0.1, -0.05) is 13.3 Å². The molecule has 0 amide bonds. The van der Waals surface area contributed by atoms with Gasteiger partial charge in [0.05, 0.1) is 6.10 Å². The monoisotopic (exact) mass is 267 g/mol. The van der Waals surface area contributed by atoms with Gasteiger partial charge in [0.25, 0.3) is 0 Å². The molecule has 7 atom stereocenters. The van der Waals surface area contributed by atoms with Crippen LogP contribution in [0.2, 0.25) is 0 Å². The Kier molecular flexibility index (Phi) is 3.89. The lowest BCUT2D eigenvalue weighted by atomic mass is 9.64. The Morgan fingerprint density at radius 2 is 1.74 bits per heavy atom. The van der Waals surface area contributed by atoms with Crippen molar-refractivity contribution in [1.82, 2.24) is 4.90 Å². The summed E-state index contributed by atoms with van der Waals surface area (Å²) in [6.45, 7) is 4.58. The normalized spacial score (nSPS) is 50.7. The summed E-state index contributed by atoms with van der Waals surface area (Å²) < 4.78 is 12.6. The van der Waals surface area contributed by atoms with Gasteiger partial charge in [-0.05, 0) is 64.5 Å². The van der Waals surface area contributed by atoms with Crippen LogP contribution in [0.4, 0.5) is 0 Å².